The molecule has 4 heterocycles. The van der Waals surface area contributed by atoms with Gasteiger partial charge in [-0.1, -0.05) is 219 Å². The van der Waals surface area contributed by atoms with Gasteiger partial charge in [-0.15, -0.1) is 132 Å². The molecular formula is C84H58Ir2N4-. The van der Waals surface area contributed by atoms with Crippen molar-refractivity contribution in [2.24, 2.45) is 0 Å². The van der Waals surface area contributed by atoms with Gasteiger partial charge in [0.25, 0.3) is 0 Å². The second-order valence-corrected chi connectivity index (χ2v) is 21.2. The number of hydrogen-bond acceptors (Lipinski definition) is 4. The number of terminal acetylenes is 1. The number of benzene rings is 10. The summed E-state index contributed by atoms with van der Waals surface area (Å²) in [6, 6.07) is 111. The van der Waals surface area contributed by atoms with Crippen molar-refractivity contribution < 1.29 is 40.2 Å². The summed E-state index contributed by atoms with van der Waals surface area (Å²) in [6.07, 6.45) is 15.3. The molecule has 433 valence electrons. The third-order valence-electron chi connectivity index (χ3n) is 15.4. The fourth-order valence-corrected chi connectivity index (χ4v) is 11.3. The van der Waals surface area contributed by atoms with Crippen molar-refractivity contribution in [1.82, 2.24) is 19.9 Å². The summed E-state index contributed by atoms with van der Waals surface area (Å²) in [6.45, 7) is 4.29. The maximum atomic E-state index is 4.55. The zero-order valence-electron chi connectivity index (χ0n) is 49.5. The first-order chi connectivity index (χ1) is 43.5. The van der Waals surface area contributed by atoms with Gasteiger partial charge in [-0.25, -0.2) is 0 Å². The Morgan fingerprint density at radius 2 is 0.456 bits per heavy atom. The SMILES string of the molecule is C#C.Cc1cc(C)cc(-c2ccccc2-c2c[c-]c(-c3ccccn3)cc2)c1.[Ir+3].[Ir].[c-]1cc(-c2ccccc2-c2cc(-c3ccccc3-c3c[c-]c(-c4ccccn4)cc3)cc(-c3ccccc3-c3c[c-]c(-c4ccccn4)cc3)c2)ccc1-c1ccccn1. The predicted molar refractivity (Wildman–Crippen MR) is 364 cm³/mol. The van der Waals surface area contributed by atoms with E-state index in [1.807, 2.05) is 97.6 Å². The molecule has 0 atom stereocenters. The average molecular weight is 1510 g/mol. The van der Waals surface area contributed by atoms with Crippen molar-refractivity contribution in [2.45, 2.75) is 13.8 Å². The second-order valence-electron chi connectivity index (χ2n) is 21.2. The first-order valence-corrected chi connectivity index (χ1v) is 29.1. The van der Waals surface area contributed by atoms with E-state index in [1.165, 1.54) is 33.4 Å². The zero-order valence-corrected chi connectivity index (χ0v) is 54.3. The summed E-state index contributed by atoms with van der Waals surface area (Å²) in [5.41, 5.74) is 28.4. The number of aromatic nitrogens is 4. The summed E-state index contributed by atoms with van der Waals surface area (Å²) in [5, 5.41) is 0. The van der Waals surface area contributed by atoms with Crippen LogP contribution in [0, 0.1) is 51.0 Å². The number of aryl methyl sites for hydroxylation is 2. The van der Waals surface area contributed by atoms with E-state index >= 15 is 0 Å². The molecule has 14 aromatic rings. The molecule has 14 rings (SSSR count). The molecule has 0 spiro atoms. The van der Waals surface area contributed by atoms with Gasteiger partial charge in [0, 0.05) is 44.9 Å². The van der Waals surface area contributed by atoms with E-state index in [2.05, 4.69) is 277 Å². The van der Waals surface area contributed by atoms with E-state index in [9.17, 15) is 0 Å². The summed E-state index contributed by atoms with van der Waals surface area (Å²) in [5.74, 6) is 0. The van der Waals surface area contributed by atoms with Gasteiger partial charge in [-0.3, -0.25) is 0 Å². The molecule has 10 aromatic carbocycles. The van der Waals surface area contributed by atoms with E-state index in [4.69, 9.17) is 0 Å². The molecule has 0 N–H and O–H groups in total. The first-order valence-electron chi connectivity index (χ1n) is 29.1. The quantitative estimate of drug-likeness (QED) is 0.0903. The molecule has 0 unspecified atom stereocenters. The Hall–Kier alpha value is -10.3. The van der Waals surface area contributed by atoms with E-state index in [-0.39, 0.29) is 40.2 Å². The van der Waals surface area contributed by atoms with Crippen LogP contribution < -0.4 is 0 Å². The molecule has 90 heavy (non-hydrogen) atoms. The van der Waals surface area contributed by atoms with Gasteiger partial charge < -0.3 is 19.9 Å². The monoisotopic (exact) mass is 1510 g/mol. The van der Waals surface area contributed by atoms with Gasteiger partial charge in [-0.05, 0) is 124 Å². The van der Waals surface area contributed by atoms with Crippen LogP contribution in [-0.4, -0.2) is 19.9 Å². The van der Waals surface area contributed by atoms with Crippen molar-refractivity contribution in [3.05, 3.63) is 339 Å². The maximum Gasteiger partial charge on any atom is 3.00 e. The van der Waals surface area contributed by atoms with Crippen molar-refractivity contribution in [1.29, 1.82) is 0 Å². The number of nitrogens with zero attached hydrogens (tertiary/aromatic N) is 4. The summed E-state index contributed by atoms with van der Waals surface area (Å²) >= 11 is 0. The summed E-state index contributed by atoms with van der Waals surface area (Å²) < 4.78 is 0. The van der Waals surface area contributed by atoms with E-state index in [0.717, 1.165) is 112 Å². The molecule has 0 saturated heterocycles. The minimum absolute atomic E-state index is 0. The van der Waals surface area contributed by atoms with Gasteiger partial charge in [-0.2, -0.15) is 0 Å². The fourth-order valence-electron chi connectivity index (χ4n) is 11.3. The van der Waals surface area contributed by atoms with Crippen molar-refractivity contribution in [3.63, 3.8) is 0 Å². The van der Waals surface area contributed by atoms with Crippen LogP contribution in [0.15, 0.2) is 304 Å². The molecule has 1 radical (unpaired) electrons. The molecule has 0 bridgehead atoms. The van der Waals surface area contributed by atoms with Gasteiger partial charge in [0.15, 0.2) is 0 Å². The smallest absolute Gasteiger partial charge is 0.305 e. The normalized spacial score (nSPS) is 10.4. The first kappa shape index (κ1) is 62.7. The van der Waals surface area contributed by atoms with Crippen molar-refractivity contribution in [2.75, 3.05) is 0 Å². The Balaban J connectivity index is 0.000000249. The largest absolute Gasteiger partial charge is 3.00 e. The van der Waals surface area contributed by atoms with Crippen LogP contribution in [0.3, 0.4) is 0 Å². The van der Waals surface area contributed by atoms with Gasteiger partial charge >= 0.3 is 20.1 Å². The average Bonchev–Trinajstić information content (AvgIpc) is 1.27. The summed E-state index contributed by atoms with van der Waals surface area (Å²) in [7, 11) is 0. The number of rotatable bonds is 12. The molecule has 6 heteroatoms. The van der Waals surface area contributed by atoms with Crippen molar-refractivity contribution in [3.8, 4) is 147 Å². The van der Waals surface area contributed by atoms with E-state index < -0.39 is 0 Å². The molecule has 0 saturated carbocycles. The molecule has 0 amide bonds. The molecule has 0 aliphatic carbocycles. The minimum atomic E-state index is 0. The Kier molecular flexibility index (Phi) is 20.9. The second kappa shape index (κ2) is 30.0. The maximum absolute atomic E-state index is 4.55. The van der Waals surface area contributed by atoms with Crippen LogP contribution in [0.2, 0.25) is 0 Å². The molecule has 0 aliphatic rings. The van der Waals surface area contributed by atoms with Crippen LogP contribution in [-0.2, 0) is 40.2 Å². The third-order valence-corrected chi connectivity index (χ3v) is 15.4. The third kappa shape index (κ3) is 14.5. The molecule has 0 fully saturated rings. The Morgan fingerprint density at radius 1 is 0.244 bits per heavy atom. The van der Waals surface area contributed by atoms with Crippen LogP contribution in [0.1, 0.15) is 11.1 Å². The van der Waals surface area contributed by atoms with Crippen LogP contribution in [0.5, 0.6) is 0 Å². The summed E-state index contributed by atoms with van der Waals surface area (Å²) in [4.78, 5) is 18.0. The van der Waals surface area contributed by atoms with Gasteiger partial charge in [0.1, 0.15) is 0 Å². The van der Waals surface area contributed by atoms with Gasteiger partial charge in [0.05, 0.1) is 0 Å². The molecular weight excluding hydrogens is 1450 g/mol. The van der Waals surface area contributed by atoms with Crippen LogP contribution in [0.4, 0.5) is 0 Å². The Bertz CT molecular complexity index is 4280. The molecule has 4 nitrogen and oxygen atoms in total. The van der Waals surface area contributed by atoms with Crippen LogP contribution in [0.25, 0.3) is 134 Å². The predicted octanol–water partition coefficient (Wildman–Crippen LogP) is 21.0. The number of pyridine rings is 4. The van der Waals surface area contributed by atoms with Crippen LogP contribution >= 0.6 is 0 Å². The minimum Gasteiger partial charge on any atom is -0.305 e. The van der Waals surface area contributed by atoms with Crippen molar-refractivity contribution >= 4 is 0 Å². The molecule has 0 aliphatic heterocycles. The Labute approximate surface area is 555 Å². The number of hydrogen-bond donors (Lipinski definition) is 0. The van der Waals surface area contributed by atoms with E-state index in [0.29, 0.717) is 0 Å². The topological polar surface area (TPSA) is 51.6 Å². The molecule has 4 aromatic heterocycles. The Morgan fingerprint density at radius 3 is 0.656 bits per heavy atom. The fraction of sp³-hybridized carbons (Fsp3) is 0.0238. The van der Waals surface area contributed by atoms with E-state index in [1.54, 1.807) is 0 Å². The standard InChI is InChI=1S/C57H36N3.C25H20N.C2H2.2Ir/c1-4-16-52(49(13-1)40-22-28-43(29-23-40)55-19-7-10-34-58-55)46-37-47(53-17-5-2-14-50(53)41-24-30-44(31-25-41)56-20-8-11-35-59-56)39-48(38-46)54-18-6-3-15-51(54)42-26-32-45(33-27-42)57-21-9-12-36-60-57;1-18-15-19(2)17-22(16-18)24-8-4-3-7-23(24)20-10-12-21(13-11-20)25-9-5-6-14-26-25;1-2;;/h1-28,30,32,34-39H;3-12,14-17H,1-2H3;1-2H;;/q-3;-1;;;+3. The van der Waals surface area contributed by atoms with Gasteiger partial charge in [0.2, 0.25) is 0 Å². The zero-order chi connectivity index (χ0) is 60.0.